The van der Waals surface area contributed by atoms with Gasteiger partial charge in [-0.1, -0.05) is 78.9 Å². The molecule has 0 radical (unpaired) electrons. The molecule has 1 atom stereocenters. The van der Waals surface area contributed by atoms with Gasteiger partial charge >= 0.3 is 6.18 Å². The van der Waals surface area contributed by atoms with Gasteiger partial charge in [0.15, 0.2) is 0 Å². The van der Waals surface area contributed by atoms with Crippen molar-refractivity contribution in [3.63, 3.8) is 0 Å². The van der Waals surface area contributed by atoms with Crippen LogP contribution in [0.3, 0.4) is 0 Å². The zero-order valence-electron chi connectivity index (χ0n) is 19.1. The average Bonchev–Trinajstić information content (AvgIpc) is 2.89. The van der Waals surface area contributed by atoms with Crippen molar-refractivity contribution in [3.8, 4) is 22.3 Å². The normalized spacial score (nSPS) is 12.1. The molecular formula is C29H23F3N2O2. The molecule has 0 aliphatic carbocycles. The summed E-state index contributed by atoms with van der Waals surface area (Å²) < 4.78 is 38.3. The van der Waals surface area contributed by atoms with Gasteiger partial charge in [0.1, 0.15) is 6.04 Å². The lowest BCUT2D eigenvalue weighted by atomic mass is 10.00. The summed E-state index contributed by atoms with van der Waals surface area (Å²) in [6.45, 7) is 0. The monoisotopic (exact) mass is 488 g/mol. The van der Waals surface area contributed by atoms with E-state index < -0.39 is 29.6 Å². The summed E-state index contributed by atoms with van der Waals surface area (Å²) in [5, 5.41) is 2.67. The number of primary amides is 1. The molecular weight excluding hydrogens is 465 g/mol. The molecule has 0 fully saturated rings. The molecule has 4 aromatic carbocycles. The van der Waals surface area contributed by atoms with Gasteiger partial charge in [-0.15, -0.1) is 0 Å². The quantitative estimate of drug-likeness (QED) is 0.342. The standard InChI is InChI=1S/C29H23F3N2O2/c30-29(31,32)25-16-14-23(15-17-25)22-10-12-24(13-11-22)28(36)34-26(27(33)35)18-19-6-8-21(9-7-19)20-4-2-1-3-5-20/h1-17,26H,18H2,(H2,33,35)(H,34,36)/t26-/m0/s1. The Morgan fingerprint density at radius 2 is 1.17 bits per heavy atom. The topological polar surface area (TPSA) is 72.2 Å². The minimum absolute atomic E-state index is 0.236. The molecule has 2 amide bonds. The van der Waals surface area contributed by atoms with Gasteiger partial charge in [-0.3, -0.25) is 9.59 Å². The molecule has 0 heterocycles. The van der Waals surface area contributed by atoms with E-state index in [1.165, 1.54) is 12.1 Å². The van der Waals surface area contributed by atoms with Crippen LogP contribution in [0, 0.1) is 0 Å². The first-order chi connectivity index (χ1) is 17.2. The van der Waals surface area contributed by atoms with Gasteiger partial charge < -0.3 is 11.1 Å². The number of alkyl halides is 3. The molecule has 36 heavy (non-hydrogen) atoms. The van der Waals surface area contributed by atoms with Crippen molar-refractivity contribution in [3.05, 3.63) is 120 Å². The van der Waals surface area contributed by atoms with Crippen LogP contribution in [0.1, 0.15) is 21.5 Å². The highest BCUT2D eigenvalue weighted by molar-refractivity contribution is 5.97. The molecule has 0 aromatic heterocycles. The Hall–Kier alpha value is -4.39. The third-order valence-electron chi connectivity index (χ3n) is 5.84. The van der Waals surface area contributed by atoms with Crippen molar-refractivity contribution in [1.82, 2.24) is 5.32 Å². The summed E-state index contributed by atoms with van der Waals surface area (Å²) in [5.74, 6) is -1.13. The SMILES string of the molecule is NC(=O)[C@H](Cc1ccc(-c2ccccc2)cc1)NC(=O)c1ccc(-c2ccc(C(F)(F)F)cc2)cc1. The molecule has 7 heteroatoms. The van der Waals surface area contributed by atoms with Crippen LogP contribution in [0.25, 0.3) is 22.3 Å². The maximum atomic E-state index is 12.8. The molecule has 4 nitrogen and oxygen atoms in total. The largest absolute Gasteiger partial charge is 0.416 e. The summed E-state index contributed by atoms with van der Waals surface area (Å²) in [7, 11) is 0. The molecule has 3 N–H and O–H groups in total. The van der Waals surface area contributed by atoms with Crippen molar-refractivity contribution < 1.29 is 22.8 Å². The van der Waals surface area contributed by atoms with Gasteiger partial charge in [-0.05, 0) is 52.1 Å². The first-order valence-electron chi connectivity index (χ1n) is 11.2. The minimum atomic E-state index is -4.40. The van der Waals surface area contributed by atoms with Crippen LogP contribution in [0.2, 0.25) is 0 Å². The van der Waals surface area contributed by atoms with Crippen molar-refractivity contribution in [2.24, 2.45) is 5.73 Å². The minimum Gasteiger partial charge on any atom is -0.368 e. The van der Waals surface area contributed by atoms with Gasteiger partial charge in [0.05, 0.1) is 5.56 Å². The fourth-order valence-electron chi connectivity index (χ4n) is 3.83. The molecule has 0 saturated heterocycles. The summed E-state index contributed by atoms with van der Waals surface area (Å²) in [5.41, 5.74) is 9.31. The number of carbonyl (C=O) groups excluding carboxylic acids is 2. The molecule has 4 aromatic rings. The van der Waals surface area contributed by atoms with Gasteiger partial charge in [0.25, 0.3) is 5.91 Å². The third-order valence-corrected chi connectivity index (χ3v) is 5.84. The number of rotatable bonds is 7. The zero-order chi connectivity index (χ0) is 25.7. The predicted molar refractivity (Wildman–Crippen MR) is 133 cm³/mol. The van der Waals surface area contributed by atoms with Crippen LogP contribution in [0.15, 0.2) is 103 Å². The lowest BCUT2D eigenvalue weighted by Gasteiger charge is -2.16. The maximum Gasteiger partial charge on any atom is 0.416 e. The molecule has 0 bridgehead atoms. The smallest absolute Gasteiger partial charge is 0.368 e. The Kier molecular flexibility index (Phi) is 7.20. The van der Waals surface area contributed by atoms with E-state index >= 15 is 0 Å². The number of benzene rings is 4. The van der Waals surface area contributed by atoms with E-state index in [1.54, 1.807) is 24.3 Å². The van der Waals surface area contributed by atoms with Crippen molar-refractivity contribution in [2.45, 2.75) is 18.6 Å². The van der Waals surface area contributed by atoms with Gasteiger partial charge in [-0.2, -0.15) is 13.2 Å². The summed E-state index contributed by atoms with van der Waals surface area (Å²) in [4.78, 5) is 24.8. The highest BCUT2D eigenvalue weighted by Crippen LogP contribution is 2.31. The molecule has 4 rings (SSSR count). The Bertz CT molecular complexity index is 1330. The van der Waals surface area contributed by atoms with Crippen molar-refractivity contribution >= 4 is 11.8 Å². The number of hydrogen-bond donors (Lipinski definition) is 2. The fraction of sp³-hybridized carbons (Fsp3) is 0.103. The van der Waals surface area contributed by atoms with Crippen LogP contribution < -0.4 is 11.1 Å². The number of hydrogen-bond acceptors (Lipinski definition) is 2. The molecule has 0 saturated carbocycles. The molecule has 0 aliphatic rings. The Morgan fingerprint density at radius 3 is 1.67 bits per heavy atom. The van der Waals surface area contributed by atoms with Crippen LogP contribution in [-0.4, -0.2) is 17.9 Å². The van der Waals surface area contributed by atoms with E-state index in [2.05, 4.69) is 5.32 Å². The third kappa shape index (κ3) is 5.99. The predicted octanol–water partition coefficient (Wildman–Crippen LogP) is 5.87. The molecule has 0 spiro atoms. The highest BCUT2D eigenvalue weighted by atomic mass is 19.4. The van der Waals surface area contributed by atoms with Crippen LogP contribution in [0.4, 0.5) is 13.2 Å². The molecule has 182 valence electrons. The summed E-state index contributed by atoms with van der Waals surface area (Å²) in [6, 6.07) is 27.8. The number of nitrogens with two attached hydrogens (primary N) is 1. The lowest BCUT2D eigenvalue weighted by molar-refractivity contribution is -0.137. The van der Waals surface area contributed by atoms with Gasteiger partial charge in [-0.25, -0.2) is 0 Å². The van der Waals surface area contributed by atoms with Gasteiger partial charge in [0, 0.05) is 12.0 Å². The van der Waals surface area contributed by atoms with Crippen molar-refractivity contribution in [2.75, 3.05) is 0 Å². The number of carbonyl (C=O) groups is 2. The Morgan fingerprint density at radius 1 is 0.694 bits per heavy atom. The van der Waals surface area contributed by atoms with Crippen LogP contribution in [-0.2, 0) is 17.4 Å². The number of nitrogens with one attached hydrogen (secondary N) is 1. The van der Waals surface area contributed by atoms with E-state index in [0.29, 0.717) is 16.7 Å². The second-order valence-electron chi connectivity index (χ2n) is 8.35. The summed E-state index contributed by atoms with van der Waals surface area (Å²) >= 11 is 0. The maximum absolute atomic E-state index is 12.8. The van der Waals surface area contributed by atoms with Gasteiger partial charge in [0.2, 0.25) is 5.91 Å². The second-order valence-corrected chi connectivity index (χ2v) is 8.35. The summed E-state index contributed by atoms with van der Waals surface area (Å²) in [6.07, 6.45) is -4.17. The highest BCUT2D eigenvalue weighted by Gasteiger charge is 2.30. The van der Waals surface area contributed by atoms with Crippen LogP contribution >= 0.6 is 0 Å². The van der Waals surface area contributed by atoms with E-state index in [-0.39, 0.29) is 6.42 Å². The average molecular weight is 489 g/mol. The Labute approximate surface area is 206 Å². The lowest BCUT2D eigenvalue weighted by Crippen LogP contribution is -2.45. The first-order valence-corrected chi connectivity index (χ1v) is 11.2. The zero-order valence-corrected chi connectivity index (χ0v) is 19.1. The fourth-order valence-corrected chi connectivity index (χ4v) is 3.83. The molecule has 0 unspecified atom stereocenters. The second kappa shape index (κ2) is 10.5. The van der Waals surface area contributed by atoms with E-state index in [1.807, 2.05) is 54.6 Å². The van der Waals surface area contributed by atoms with Crippen LogP contribution in [0.5, 0.6) is 0 Å². The number of amides is 2. The first kappa shape index (κ1) is 24.7. The van der Waals surface area contributed by atoms with E-state index in [4.69, 9.17) is 5.73 Å². The van der Waals surface area contributed by atoms with E-state index in [9.17, 15) is 22.8 Å². The van der Waals surface area contributed by atoms with Crippen molar-refractivity contribution in [1.29, 1.82) is 0 Å². The molecule has 0 aliphatic heterocycles. The number of halogens is 3. The van der Waals surface area contributed by atoms with E-state index in [0.717, 1.165) is 28.8 Å². The Balaban J connectivity index is 1.42.